The van der Waals surface area contributed by atoms with Gasteiger partial charge in [0.05, 0.1) is 6.33 Å². The molecule has 0 saturated carbocycles. The first kappa shape index (κ1) is 14.3. The molecule has 0 bridgehead atoms. The van der Waals surface area contributed by atoms with Gasteiger partial charge in [0.25, 0.3) is 0 Å². The molecule has 0 aliphatic rings. The Morgan fingerprint density at radius 1 is 1.00 bits per heavy atom. The molecule has 0 unspecified atom stereocenters. The van der Waals surface area contributed by atoms with Crippen LogP contribution in [0.3, 0.4) is 0 Å². The molecule has 110 valence electrons. The van der Waals surface area contributed by atoms with Gasteiger partial charge in [-0.05, 0) is 30.0 Å². The van der Waals surface area contributed by atoms with Gasteiger partial charge in [-0.15, -0.1) is 0 Å². The van der Waals surface area contributed by atoms with Crippen molar-refractivity contribution in [3.63, 3.8) is 0 Å². The smallest absolute Gasteiger partial charge is 0.0946 e. The van der Waals surface area contributed by atoms with Crippen molar-refractivity contribution in [1.29, 1.82) is 0 Å². The Balaban J connectivity index is 1.87. The number of aryl methyl sites for hydroxylation is 2. The first-order valence-electron chi connectivity index (χ1n) is 7.61. The van der Waals surface area contributed by atoms with Crippen LogP contribution >= 0.6 is 0 Å². The molecular formula is C20H20N2. The third-order valence-electron chi connectivity index (χ3n) is 3.74. The number of aromatic nitrogens is 2. The molecule has 1 aromatic heterocycles. The third-order valence-corrected chi connectivity index (χ3v) is 3.74. The summed E-state index contributed by atoms with van der Waals surface area (Å²) in [5.41, 5.74) is 5.11. The summed E-state index contributed by atoms with van der Waals surface area (Å²) in [6.45, 7) is 3.07. The quantitative estimate of drug-likeness (QED) is 0.664. The van der Waals surface area contributed by atoms with Crippen LogP contribution in [-0.4, -0.2) is 9.55 Å². The second kappa shape index (κ2) is 6.90. The van der Waals surface area contributed by atoms with Crippen LogP contribution in [0.1, 0.15) is 23.1 Å². The fourth-order valence-electron chi connectivity index (χ4n) is 2.53. The number of hydrogen-bond acceptors (Lipinski definition) is 1. The van der Waals surface area contributed by atoms with Crippen molar-refractivity contribution in [3.8, 4) is 0 Å². The molecule has 3 aromatic rings. The van der Waals surface area contributed by atoms with Crippen molar-refractivity contribution < 1.29 is 0 Å². The number of nitrogens with zero attached hydrogens (tertiary/aromatic N) is 2. The molecule has 2 aromatic carbocycles. The van der Waals surface area contributed by atoms with E-state index in [0.717, 1.165) is 13.0 Å². The first-order valence-corrected chi connectivity index (χ1v) is 7.61. The molecule has 3 rings (SSSR count). The third kappa shape index (κ3) is 3.53. The minimum Gasteiger partial charge on any atom is -0.337 e. The van der Waals surface area contributed by atoms with Crippen LogP contribution in [0.25, 0.3) is 5.57 Å². The molecule has 0 N–H and O–H groups in total. The Labute approximate surface area is 131 Å². The van der Waals surface area contributed by atoms with Crippen LogP contribution in [0.4, 0.5) is 0 Å². The number of allylic oxidation sites excluding steroid dienone is 1. The maximum atomic E-state index is 4.09. The van der Waals surface area contributed by atoms with Gasteiger partial charge >= 0.3 is 0 Å². The van der Waals surface area contributed by atoms with E-state index in [9.17, 15) is 0 Å². The van der Waals surface area contributed by atoms with Crippen LogP contribution in [0.2, 0.25) is 0 Å². The van der Waals surface area contributed by atoms with Crippen molar-refractivity contribution in [2.45, 2.75) is 19.9 Å². The standard InChI is InChI=1S/C20H20N2/c1-17-9-11-19(12-10-17)20(18-6-3-2-4-7-18)8-5-14-22-15-13-21-16-22/h2-4,6-13,15-16H,5,14H2,1H3/b20-8-. The van der Waals surface area contributed by atoms with Crippen molar-refractivity contribution in [2.24, 2.45) is 0 Å². The Hall–Kier alpha value is -2.61. The molecule has 0 fully saturated rings. The summed E-state index contributed by atoms with van der Waals surface area (Å²) >= 11 is 0. The maximum absolute atomic E-state index is 4.09. The fraction of sp³-hybridized carbons (Fsp3) is 0.150. The summed E-state index contributed by atoms with van der Waals surface area (Å²) < 4.78 is 2.11. The van der Waals surface area contributed by atoms with Crippen molar-refractivity contribution in [2.75, 3.05) is 0 Å². The van der Waals surface area contributed by atoms with Gasteiger partial charge in [0.15, 0.2) is 0 Å². The first-order chi connectivity index (χ1) is 10.8. The lowest BCUT2D eigenvalue weighted by Crippen LogP contribution is -1.94. The summed E-state index contributed by atoms with van der Waals surface area (Å²) in [7, 11) is 0. The Kier molecular flexibility index (Phi) is 4.50. The van der Waals surface area contributed by atoms with Crippen LogP contribution in [-0.2, 0) is 6.54 Å². The van der Waals surface area contributed by atoms with E-state index < -0.39 is 0 Å². The Morgan fingerprint density at radius 3 is 2.41 bits per heavy atom. The van der Waals surface area contributed by atoms with Gasteiger partial charge in [0, 0.05) is 18.9 Å². The Morgan fingerprint density at radius 2 is 1.73 bits per heavy atom. The molecule has 2 heteroatoms. The summed E-state index contributed by atoms with van der Waals surface area (Å²) in [6, 6.07) is 19.3. The SMILES string of the molecule is Cc1ccc(/C(=C\CCn2ccnc2)c2ccccc2)cc1. The average Bonchev–Trinajstić information content (AvgIpc) is 3.07. The predicted octanol–water partition coefficient (Wildman–Crippen LogP) is 4.71. The fourth-order valence-corrected chi connectivity index (χ4v) is 2.53. The second-order valence-corrected chi connectivity index (χ2v) is 5.44. The van der Waals surface area contributed by atoms with Gasteiger partial charge in [0.2, 0.25) is 0 Å². The molecule has 0 spiro atoms. The zero-order valence-electron chi connectivity index (χ0n) is 12.8. The highest BCUT2D eigenvalue weighted by Crippen LogP contribution is 2.24. The molecule has 0 saturated heterocycles. The number of imidazole rings is 1. The largest absolute Gasteiger partial charge is 0.337 e. The van der Waals surface area contributed by atoms with E-state index in [0.29, 0.717) is 0 Å². The van der Waals surface area contributed by atoms with Gasteiger partial charge < -0.3 is 4.57 Å². The van der Waals surface area contributed by atoms with Crippen LogP contribution in [0.5, 0.6) is 0 Å². The average molecular weight is 288 g/mol. The van der Waals surface area contributed by atoms with E-state index in [-0.39, 0.29) is 0 Å². The van der Waals surface area contributed by atoms with Gasteiger partial charge in [-0.1, -0.05) is 66.2 Å². The van der Waals surface area contributed by atoms with Crippen molar-refractivity contribution in [1.82, 2.24) is 9.55 Å². The summed E-state index contributed by atoms with van der Waals surface area (Å²) in [6.07, 6.45) is 8.99. The molecule has 0 amide bonds. The van der Waals surface area contributed by atoms with E-state index in [1.54, 1.807) is 0 Å². The minimum absolute atomic E-state index is 0.947. The molecule has 0 aliphatic heterocycles. The van der Waals surface area contributed by atoms with E-state index in [4.69, 9.17) is 0 Å². The zero-order valence-corrected chi connectivity index (χ0v) is 12.8. The topological polar surface area (TPSA) is 17.8 Å². The molecule has 1 heterocycles. The minimum atomic E-state index is 0.947. The van der Waals surface area contributed by atoms with Crippen LogP contribution < -0.4 is 0 Å². The van der Waals surface area contributed by atoms with E-state index in [1.165, 1.54) is 22.3 Å². The van der Waals surface area contributed by atoms with Gasteiger partial charge in [0.1, 0.15) is 0 Å². The van der Waals surface area contributed by atoms with Gasteiger partial charge in [-0.3, -0.25) is 0 Å². The maximum Gasteiger partial charge on any atom is 0.0946 e. The lowest BCUT2D eigenvalue weighted by atomic mass is 9.96. The predicted molar refractivity (Wildman–Crippen MR) is 91.5 cm³/mol. The summed E-state index contributed by atoms with van der Waals surface area (Å²) in [5, 5.41) is 0. The molecule has 0 aliphatic carbocycles. The van der Waals surface area contributed by atoms with Gasteiger partial charge in [-0.25, -0.2) is 4.98 Å². The number of rotatable bonds is 5. The lowest BCUT2D eigenvalue weighted by molar-refractivity contribution is 0.709. The molecule has 0 radical (unpaired) electrons. The Bertz CT molecular complexity index is 723. The zero-order chi connectivity index (χ0) is 15.2. The normalized spacial score (nSPS) is 11.6. The van der Waals surface area contributed by atoms with Crippen LogP contribution in [0, 0.1) is 6.92 Å². The molecule has 22 heavy (non-hydrogen) atoms. The second-order valence-electron chi connectivity index (χ2n) is 5.44. The van der Waals surface area contributed by atoms with Crippen molar-refractivity contribution in [3.05, 3.63) is 96.1 Å². The highest BCUT2D eigenvalue weighted by Gasteiger charge is 2.04. The number of benzene rings is 2. The number of hydrogen-bond donors (Lipinski definition) is 0. The highest BCUT2D eigenvalue weighted by atomic mass is 15.0. The monoisotopic (exact) mass is 288 g/mol. The van der Waals surface area contributed by atoms with Crippen molar-refractivity contribution >= 4 is 5.57 Å². The molecular weight excluding hydrogens is 268 g/mol. The summed E-state index contributed by atoms with van der Waals surface area (Å²) in [5.74, 6) is 0. The molecule has 2 nitrogen and oxygen atoms in total. The summed E-state index contributed by atoms with van der Waals surface area (Å²) in [4.78, 5) is 4.09. The van der Waals surface area contributed by atoms with Crippen LogP contribution in [0.15, 0.2) is 79.4 Å². The lowest BCUT2D eigenvalue weighted by Gasteiger charge is -2.09. The van der Waals surface area contributed by atoms with E-state index in [2.05, 4.69) is 77.1 Å². The molecule has 0 atom stereocenters. The van der Waals surface area contributed by atoms with Gasteiger partial charge in [-0.2, -0.15) is 0 Å². The van der Waals surface area contributed by atoms with E-state index in [1.807, 2.05) is 18.7 Å². The highest BCUT2D eigenvalue weighted by molar-refractivity contribution is 5.79. The van der Waals surface area contributed by atoms with E-state index >= 15 is 0 Å².